The molecule has 0 radical (unpaired) electrons. The number of hydrogen-bond acceptors (Lipinski definition) is 6. The summed E-state index contributed by atoms with van der Waals surface area (Å²) in [5, 5.41) is 64.5. The van der Waals surface area contributed by atoms with E-state index in [0.29, 0.717) is 0 Å². The molecule has 0 aromatic carbocycles. The van der Waals surface area contributed by atoms with Crippen LogP contribution in [0.25, 0.3) is 0 Å². The van der Waals surface area contributed by atoms with Crippen molar-refractivity contribution in [1.82, 2.24) is 0 Å². The van der Waals surface area contributed by atoms with Gasteiger partial charge in [0.25, 0.3) is 0 Å². The van der Waals surface area contributed by atoms with Gasteiger partial charge in [0.2, 0.25) is 0 Å². The molecule has 0 aromatic heterocycles. The van der Waals surface area contributed by atoms with E-state index in [1.807, 2.05) is 0 Å². The normalized spacial score (nSPS) is 41.6. The van der Waals surface area contributed by atoms with E-state index in [2.05, 4.69) is 0 Å². The molecule has 6 N–H and O–H groups in total. The van der Waals surface area contributed by atoms with Crippen molar-refractivity contribution in [2.75, 3.05) is 0 Å². The van der Waals surface area contributed by atoms with Gasteiger partial charge in [0, 0.05) is 11.8 Å². The summed E-state index contributed by atoms with van der Waals surface area (Å²) in [6.45, 7) is 0. The van der Waals surface area contributed by atoms with Gasteiger partial charge in [0.1, 0.15) is 36.6 Å². The van der Waals surface area contributed by atoms with Crippen LogP contribution in [0.5, 0.6) is 0 Å². The second-order valence-electron chi connectivity index (χ2n) is 8.10. The smallest absolute Gasteiger partial charge is 0.113 e. The van der Waals surface area contributed by atoms with Crippen molar-refractivity contribution in [2.24, 2.45) is 11.8 Å². The third-order valence-corrected chi connectivity index (χ3v) is 9.51. The minimum absolute atomic E-state index is 0.150. The highest BCUT2D eigenvalue weighted by atomic mass is 35.5. The molecule has 0 saturated heterocycles. The number of aliphatic hydroxyl groups is 6. The topological polar surface area (TPSA) is 121 Å². The molecular formula is C20H14Cl6O6. The van der Waals surface area contributed by atoms with Crippen molar-refractivity contribution in [3.63, 3.8) is 0 Å². The summed E-state index contributed by atoms with van der Waals surface area (Å²) in [5.41, 5.74) is 0.899. The van der Waals surface area contributed by atoms with Gasteiger partial charge in [-0.2, -0.15) is 0 Å². The van der Waals surface area contributed by atoms with Crippen molar-refractivity contribution in [3.05, 3.63) is 63.6 Å². The first-order valence-electron chi connectivity index (χ1n) is 9.38. The summed E-state index contributed by atoms with van der Waals surface area (Å²) in [4.78, 5) is 0. The van der Waals surface area contributed by atoms with Gasteiger partial charge in [-0.3, -0.25) is 0 Å². The monoisotopic (exact) mass is 560 g/mol. The lowest BCUT2D eigenvalue weighted by atomic mass is 9.53. The highest BCUT2D eigenvalue weighted by Gasteiger charge is 2.59. The van der Waals surface area contributed by atoms with Crippen LogP contribution in [0.15, 0.2) is 63.6 Å². The average Bonchev–Trinajstić information content (AvgIpc) is 2.78. The highest BCUT2D eigenvalue weighted by Crippen LogP contribution is 2.63. The average molecular weight is 563 g/mol. The standard InChI is InChI=1S/C20H14Cl6O6/c21-9-12(24)18(30)6-2-7-4(16(28)10(22)13(25)19(7)31)1(3(6)15(9)27)5-8(2)20(32)14(26)11(23)17(5)29/h1-2,15-20,27-32H. The molecule has 0 spiro atoms. The van der Waals surface area contributed by atoms with Crippen LogP contribution in [-0.2, 0) is 0 Å². The Labute approximate surface area is 211 Å². The molecule has 0 saturated carbocycles. The SMILES string of the molecule is OC1C(Cl)=C(Cl)C(O)C2=C1C1C3=C(C(O)C(Cl)=C(Cl)C3O)C2C2=C1C(O)C(Cl)=C(Cl)C2O. The lowest BCUT2D eigenvalue weighted by Gasteiger charge is -2.54. The summed E-state index contributed by atoms with van der Waals surface area (Å²) >= 11 is 37.1. The van der Waals surface area contributed by atoms with E-state index in [1.54, 1.807) is 0 Å². The molecule has 6 rings (SSSR count). The quantitative estimate of drug-likeness (QED) is 0.252. The van der Waals surface area contributed by atoms with E-state index in [4.69, 9.17) is 69.6 Å². The number of aliphatic hydroxyl groups excluding tert-OH is 6. The maximum absolute atomic E-state index is 11.0. The second-order valence-corrected chi connectivity index (χ2v) is 10.5. The molecule has 0 aromatic rings. The second kappa shape index (κ2) is 7.72. The fraction of sp³-hybridized carbons (Fsp3) is 0.400. The predicted molar refractivity (Wildman–Crippen MR) is 120 cm³/mol. The lowest BCUT2D eigenvalue weighted by molar-refractivity contribution is 0.138. The summed E-state index contributed by atoms with van der Waals surface area (Å²) in [6, 6.07) is 0. The molecule has 0 fully saturated rings. The summed E-state index contributed by atoms with van der Waals surface area (Å²) in [7, 11) is 0. The fourth-order valence-corrected chi connectivity index (χ4v) is 6.83. The van der Waals surface area contributed by atoms with Crippen molar-refractivity contribution in [3.8, 4) is 0 Å². The van der Waals surface area contributed by atoms with E-state index < -0.39 is 48.5 Å². The molecule has 6 atom stereocenters. The number of rotatable bonds is 0. The van der Waals surface area contributed by atoms with Crippen molar-refractivity contribution >= 4 is 69.6 Å². The van der Waals surface area contributed by atoms with E-state index in [1.165, 1.54) is 0 Å². The van der Waals surface area contributed by atoms with Crippen molar-refractivity contribution < 1.29 is 30.6 Å². The van der Waals surface area contributed by atoms with E-state index >= 15 is 0 Å². The molecule has 12 heteroatoms. The lowest BCUT2D eigenvalue weighted by Crippen LogP contribution is -2.52. The minimum atomic E-state index is -1.49. The van der Waals surface area contributed by atoms with Crippen molar-refractivity contribution in [2.45, 2.75) is 36.6 Å². The fourth-order valence-electron chi connectivity index (χ4n) is 5.50. The predicted octanol–water partition coefficient (Wildman–Crippen LogP) is 2.41. The summed E-state index contributed by atoms with van der Waals surface area (Å²) < 4.78 is 0. The maximum Gasteiger partial charge on any atom is 0.113 e. The Morgan fingerprint density at radius 3 is 0.562 bits per heavy atom. The third-order valence-electron chi connectivity index (χ3n) is 6.76. The van der Waals surface area contributed by atoms with Crippen LogP contribution >= 0.6 is 69.6 Å². The zero-order chi connectivity index (χ0) is 23.5. The number of hydrogen-bond donors (Lipinski definition) is 6. The first kappa shape index (κ1) is 23.7. The van der Waals surface area contributed by atoms with E-state index in [-0.39, 0.29) is 63.6 Å². The summed E-state index contributed by atoms with van der Waals surface area (Å²) in [5.74, 6) is -2.26. The van der Waals surface area contributed by atoms with Crippen LogP contribution in [0.4, 0.5) is 0 Å². The molecule has 6 unspecified atom stereocenters. The molecule has 6 aliphatic rings. The molecule has 6 aliphatic carbocycles. The Morgan fingerprint density at radius 2 is 0.438 bits per heavy atom. The Balaban J connectivity index is 1.83. The van der Waals surface area contributed by atoms with Gasteiger partial charge >= 0.3 is 0 Å². The molecule has 0 aliphatic heterocycles. The molecule has 172 valence electrons. The van der Waals surface area contributed by atoms with Crippen LogP contribution in [0, 0.1) is 11.8 Å². The first-order valence-corrected chi connectivity index (χ1v) is 11.6. The maximum atomic E-state index is 11.0. The van der Waals surface area contributed by atoms with Gasteiger partial charge < -0.3 is 30.6 Å². The minimum Gasteiger partial charge on any atom is -0.383 e. The third kappa shape index (κ3) is 2.72. The Bertz CT molecular complexity index is 936. The largest absolute Gasteiger partial charge is 0.383 e. The zero-order valence-corrected chi connectivity index (χ0v) is 20.1. The zero-order valence-electron chi connectivity index (χ0n) is 15.6. The van der Waals surface area contributed by atoms with Gasteiger partial charge in [-0.15, -0.1) is 0 Å². The Morgan fingerprint density at radius 1 is 0.312 bits per heavy atom. The first-order chi connectivity index (χ1) is 14.9. The molecule has 2 bridgehead atoms. The Hall–Kier alpha value is -0.0600. The van der Waals surface area contributed by atoms with Crippen LogP contribution in [0.3, 0.4) is 0 Å². The number of halogens is 6. The molecule has 0 amide bonds. The molecule has 32 heavy (non-hydrogen) atoms. The van der Waals surface area contributed by atoms with Gasteiger partial charge in [-0.05, 0) is 33.4 Å². The summed E-state index contributed by atoms with van der Waals surface area (Å²) in [6.07, 6.45) is -8.96. The van der Waals surface area contributed by atoms with Gasteiger partial charge in [0.15, 0.2) is 0 Å². The van der Waals surface area contributed by atoms with Gasteiger partial charge in [0.05, 0.1) is 30.2 Å². The van der Waals surface area contributed by atoms with E-state index in [0.717, 1.165) is 0 Å². The molecule has 6 nitrogen and oxygen atoms in total. The molecular weight excluding hydrogens is 549 g/mol. The van der Waals surface area contributed by atoms with Crippen LogP contribution in [0.1, 0.15) is 0 Å². The van der Waals surface area contributed by atoms with Gasteiger partial charge in [-0.25, -0.2) is 0 Å². The van der Waals surface area contributed by atoms with Crippen LogP contribution in [0.2, 0.25) is 0 Å². The highest BCUT2D eigenvalue weighted by molar-refractivity contribution is 6.42. The van der Waals surface area contributed by atoms with Crippen molar-refractivity contribution in [1.29, 1.82) is 0 Å². The van der Waals surface area contributed by atoms with Crippen LogP contribution in [-0.4, -0.2) is 67.3 Å². The molecule has 0 heterocycles. The van der Waals surface area contributed by atoms with E-state index in [9.17, 15) is 30.6 Å². The van der Waals surface area contributed by atoms with Gasteiger partial charge in [-0.1, -0.05) is 69.6 Å². The van der Waals surface area contributed by atoms with Crippen LogP contribution < -0.4 is 0 Å². The Kier molecular flexibility index (Phi) is 5.71.